The Morgan fingerprint density at radius 2 is 1.70 bits per heavy atom. The average Bonchev–Trinajstić information content (AvgIpc) is 2.68. The number of anilines is 3. The highest BCUT2D eigenvalue weighted by Gasteiger charge is 2.12. The fourth-order valence-corrected chi connectivity index (χ4v) is 2.50. The summed E-state index contributed by atoms with van der Waals surface area (Å²) in [5.74, 6) is 2.06. The molecule has 0 saturated carbocycles. The highest BCUT2D eigenvalue weighted by molar-refractivity contribution is 6.03. The van der Waals surface area contributed by atoms with Crippen LogP contribution in [0.3, 0.4) is 0 Å². The van der Waals surface area contributed by atoms with Gasteiger partial charge in [-0.1, -0.05) is 12.1 Å². The van der Waals surface area contributed by atoms with Crippen LogP contribution in [0.25, 0.3) is 0 Å². The Labute approximate surface area is 157 Å². The number of methoxy groups -OCH3 is 2. The van der Waals surface area contributed by atoms with Crippen LogP contribution >= 0.6 is 0 Å². The van der Waals surface area contributed by atoms with Gasteiger partial charge in [0.25, 0.3) is 5.91 Å². The molecule has 2 aromatic carbocycles. The molecular formula is C20H20N4O3. The summed E-state index contributed by atoms with van der Waals surface area (Å²) in [6.07, 6.45) is 0. The molecule has 2 N–H and O–H groups in total. The Bertz CT molecular complexity index is 942. The average molecular weight is 364 g/mol. The summed E-state index contributed by atoms with van der Waals surface area (Å²) >= 11 is 0. The Balaban J connectivity index is 1.80. The maximum atomic E-state index is 12.6. The number of aromatic nitrogens is 2. The van der Waals surface area contributed by atoms with E-state index in [1.807, 2.05) is 24.3 Å². The molecule has 27 heavy (non-hydrogen) atoms. The summed E-state index contributed by atoms with van der Waals surface area (Å²) in [6.45, 7) is 1.73. The van der Waals surface area contributed by atoms with Crippen LogP contribution in [0.15, 0.2) is 54.6 Å². The number of aryl methyl sites for hydroxylation is 1. The first-order chi connectivity index (χ1) is 13.1. The zero-order valence-corrected chi connectivity index (χ0v) is 15.3. The van der Waals surface area contributed by atoms with E-state index >= 15 is 0 Å². The van der Waals surface area contributed by atoms with E-state index in [1.165, 1.54) is 0 Å². The SMILES string of the molecule is COc1ccc(NC(=O)c2cc(Nc3ccccc3OC)nc(C)n2)cc1. The lowest BCUT2D eigenvalue weighted by atomic mass is 10.2. The molecule has 3 aromatic rings. The second kappa shape index (κ2) is 8.18. The van der Waals surface area contributed by atoms with E-state index in [0.717, 1.165) is 5.69 Å². The number of rotatable bonds is 6. The molecule has 138 valence electrons. The molecule has 7 nitrogen and oxygen atoms in total. The standard InChI is InChI=1S/C20H20N4O3/c1-13-21-17(20(25)23-14-8-10-15(26-2)11-9-14)12-19(22-13)24-16-6-4-5-7-18(16)27-3/h4-12H,1-3H3,(H,23,25)(H,21,22,24). The third-order valence-corrected chi connectivity index (χ3v) is 3.79. The van der Waals surface area contributed by atoms with Gasteiger partial charge in [0.2, 0.25) is 0 Å². The summed E-state index contributed by atoms with van der Waals surface area (Å²) in [5.41, 5.74) is 1.66. The van der Waals surface area contributed by atoms with Crippen molar-refractivity contribution >= 4 is 23.1 Å². The molecule has 3 rings (SSSR count). The fourth-order valence-electron chi connectivity index (χ4n) is 2.50. The third kappa shape index (κ3) is 4.52. The van der Waals surface area contributed by atoms with E-state index < -0.39 is 0 Å². The minimum atomic E-state index is -0.325. The predicted molar refractivity (Wildman–Crippen MR) is 104 cm³/mol. The van der Waals surface area contributed by atoms with Gasteiger partial charge in [-0.25, -0.2) is 9.97 Å². The van der Waals surface area contributed by atoms with Gasteiger partial charge in [-0.2, -0.15) is 0 Å². The van der Waals surface area contributed by atoms with Crippen LogP contribution in [0, 0.1) is 6.92 Å². The van der Waals surface area contributed by atoms with Gasteiger partial charge in [0, 0.05) is 11.8 Å². The number of amides is 1. The largest absolute Gasteiger partial charge is 0.497 e. The van der Waals surface area contributed by atoms with Gasteiger partial charge < -0.3 is 20.1 Å². The number of hydrogen-bond acceptors (Lipinski definition) is 6. The molecule has 1 amide bonds. The van der Waals surface area contributed by atoms with Crippen LogP contribution < -0.4 is 20.1 Å². The van der Waals surface area contributed by atoms with Crippen LogP contribution in [0.2, 0.25) is 0 Å². The van der Waals surface area contributed by atoms with E-state index in [0.29, 0.717) is 28.8 Å². The number of benzene rings is 2. The maximum Gasteiger partial charge on any atom is 0.274 e. The summed E-state index contributed by atoms with van der Waals surface area (Å²) in [5, 5.41) is 5.98. The van der Waals surface area contributed by atoms with Crippen molar-refractivity contribution in [1.29, 1.82) is 0 Å². The molecule has 1 aromatic heterocycles. The van der Waals surface area contributed by atoms with Crippen molar-refractivity contribution in [3.05, 3.63) is 66.1 Å². The molecule has 1 heterocycles. The molecule has 0 radical (unpaired) electrons. The van der Waals surface area contributed by atoms with E-state index in [4.69, 9.17) is 9.47 Å². The Hall–Kier alpha value is -3.61. The first-order valence-corrected chi connectivity index (χ1v) is 8.30. The molecule has 0 aliphatic rings. The van der Waals surface area contributed by atoms with Crippen molar-refractivity contribution < 1.29 is 14.3 Å². The molecule has 0 fully saturated rings. The van der Waals surface area contributed by atoms with Gasteiger partial charge in [-0.15, -0.1) is 0 Å². The second-order valence-electron chi connectivity index (χ2n) is 5.69. The molecule has 0 unspecified atom stereocenters. The van der Waals surface area contributed by atoms with Gasteiger partial charge in [-0.3, -0.25) is 4.79 Å². The first kappa shape index (κ1) is 18.2. The van der Waals surface area contributed by atoms with Crippen molar-refractivity contribution in [1.82, 2.24) is 9.97 Å². The van der Waals surface area contributed by atoms with Crippen molar-refractivity contribution in [2.24, 2.45) is 0 Å². The molecule has 7 heteroatoms. The number of carbonyl (C=O) groups excluding carboxylic acids is 1. The van der Waals surface area contributed by atoms with Gasteiger partial charge in [-0.05, 0) is 43.3 Å². The minimum Gasteiger partial charge on any atom is -0.497 e. The normalized spacial score (nSPS) is 10.2. The Morgan fingerprint density at radius 3 is 2.41 bits per heavy atom. The Kier molecular flexibility index (Phi) is 5.51. The molecule has 0 atom stereocenters. The smallest absolute Gasteiger partial charge is 0.274 e. The number of nitrogens with zero attached hydrogens (tertiary/aromatic N) is 2. The monoisotopic (exact) mass is 364 g/mol. The summed E-state index contributed by atoms with van der Waals surface area (Å²) < 4.78 is 10.4. The molecule has 0 saturated heterocycles. The lowest BCUT2D eigenvalue weighted by Crippen LogP contribution is -2.15. The van der Waals surface area contributed by atoms with Crippen molar-refractivity contribution in [2.45, 2.75) is 6.92 Å². The lowest BCUT2D eigenvalue weighted by Gasteiger charge is -2.12. The number of hydrogen-bond donors (Lipinski definition) is 2. The highest BCUT2D eigenvalue weighted by Crippen LogP contribution is 2.26. The number of nitrogens with one attached hydrogen (secondary N) is 2. The van der Waals surface area contributed by atoms with Crippen LogP contribution in [-0.4, -0.2) is 30.1 Å². The topological polar surface area (TPSA) is 85.4 Å². The lowest BCUT2D eigenvalue weighted by molar-refractivity contribution is 0.102. The van der Waals surface area contributed by atoms with E-state index in [9.17, 15) is 4.79 Å². The first-order valence-electron chi connectivity index (χ1n) is 8.30. The maximum absolute atomic E-state index is 12.6. The van der Waals surface area contributed by atoms with Gasteiger partial charge in [0.05, 0.1) is 19.9 Å². The van der Waals surface area contributed by atoms with Gasteiger partial charge >= 0.3 is 0 Å². The zero-order valence-electron chi connectivity index (χ0n) is 15.3. The number of ether oxygens (including phenoxy) is 2. The van der Waals surface area contributed by atoms with Gasteiger partial charge in [0.15, 0.2) is 0 Å². The summed E-state index contributed by atoms with van der Waals surface area (Å²) in [7, 11) is 3.19. The molecule has 0 bridgehead atoms. The molecule has 0 aliphatic carbocycles. The number of carbonyl (C=O) groups is 1. The summed E-state index contributed by atoms with van der Waals surface area (Å²) in [6, 6.07) is 16.1. The molecular weight excluding hydrogens is 344 g/mol. The molecule has 0 spiro atoms. The van der Waals surface area contributed by atoms with E-state index in [2.05, 4.69) is 20.6 Å². The Morgan fingerprint density at radius 1 is 0.963 bits per heavy atom. The van der Waals surface area contributed by atoms with E-state index in [-0.39, 0.29) is 11.6 Å². The number of para-hydroxylation sites is 2. The predicted octanol–water partition coefficient (Wildman–Crippen LogP) is 3.80. The second-order valence-corrected chi connectivity index (χ2v) is 5.69. The van der Waals surface area contributed by atoms with E-state index in [1.54, 1.807) is 51.5 Å². The van der Waals surface area contributed by atoms with Crippen molar-refractivity contribution in [3.63, 3.8) is 0 Å². The van der Waals surface area contributed by atoms with Gasteiger partial charge in [0.1, 0.15) is 28.8 Å². The van der Waals surface area contributed by atoms with Crippen molar-refractivity contribution in [2.75, 3.05) is 24.9 Å². The minimum absolute atomic E-state index is 0.260. The third-order valence-electron chi connectivity index (χ3n) is 3.79. The van der Waals surface area contributed by atoms with Crippen LogP contribution in [0.1, 0.15) is 16.3 Å². The highest BCUT2D eigenvalue weighted by atomic mass is 16.5. The fraction of sp³-hybridized carbons (Fsp3) is 0.150. The quantitative estimate of drug-likeness (QED) is 0.692. The van der Waals surface area contributed by atoms with Crippen LogP contribution in [0.5, 0.6) is 11.5 Å². The molecule has 0 aliphatic heterocycles. The van der Waals surface area contributed by atoms with Crippen LogP contribution in [0.4, 0.5) is 17.2 Å². The summed E-state index contributed by atoms with van der Waals surface area (Å²) in [4.78, 5) is 21.1. The van der Waals surface area contributed by atoms with Crippen molar-refractivity contribution in [3.8, 4) is 11.5 Å². The zero-order chi connectivity index (χ0) is 19.2. The van der Waals surface area contributed by atoms with Crippen LogP contribution in [-0.2, 0) is 0 Å².